The SMILES string of the molecule is O=C(c1ccsc1)n1nc(-c2cccn(Cc3cccnn3)c2=O)cc1NCc1ccc(Cl)s1. The molecule has 5 aromatic rings. The van der Waals surface area contributed by atoms with E-state index in [1.54, 1.807) is 58.7 Å². The first-order valence-corrected chi connectivity index (χ1v) is 12.3. The first-order chi connectivity index (χ1) is 16.6. The van der Waals surface area contributed by atoms with E-state index >= 15 is 0 Å². The van der Waals surface area contributed by atoms with E-state index < -0.39 is 0 Å². The first-order valence-electron chi connectivity index (χ1n) is 10.2. The summed E-state index contributed by atoms with van der Waals surface area (Å²) in [6, 6.07) is 14.2. The van der Waals surface area contributed by atoms with Gasteiger partial charge in [-0.25, -0.2) is 0 Å². The highest BCUT2D eigenvalue weighted by Crippen LogP contribution is 2.25. The molecule has 11 heteroatoms. The fourth-order valence-corrected chi connectivity index (χ4v) is 5.03. The molecule has 0 unspecified atom stereocenters. The van der Waals surface area contributed by atoms with E-state index in [1.165, 1.54) is 27.4 Å². The standard InChI is InChI=1S/C23H17ClN6O2S2/c24-20-6-5-17(34-20)12-25-21-11-19(28-30(21)22(31)15-7-10-33-14-15)18-4-2-9-29(23(18)32)13-16-3-1-8-26-27-16/h1-11,14,25H,12-13H2. The van der Waals surface area contributed by atoms with Crippen LogP contribution in [0.2, 0.25) is 4.34 Å². The van der Waals surface area contributed by atoms with E-state index in [0.717, 1.165) is 4.88 Å². The van der Waals surface area contributed by atoms with Crippen molar-refractivity contribution in [2.75, 3.05) is 5.32 Å². The molecule has 5 aromatic heterocycles. The maximum absolute atomic E-state index is 13.2. The number of nitrogens with zero attached hydrogens (tertiary/aromatic N) is 5. The quantitative estimate of drug-likeness (QED) is 0.344. The number of pyridine rings is 1. The van der Waals surface area contributed by atoms with E-state index in [-0.39, 0.29) is 18.0 Å². The Morgan fingerprint density at radius 1 is 1.15 bits per heavy atom. The van der Waals surface area contributed by atoms with Gasteiger partial charge in [-0.3, -0.25) is 9.59 Å². The molecule has 0 fully saturated rings. The minimum atomic E-state index is -0.282. The summed E-state index contributed by atoms with van der Waals surface area (Å²) in [5.41, 5.74) is 1.73. The van der Waals surface area contributed by atoms with Crippen molar-refractivity contribution < 1.29 is 4.79 Å². The van der Waals surface area contributed by atoms with E-state index in [0.29, 0.717) is 39.2 Å². The number of aromatic nitrogens is 5. The summed E-state index contributed by atoms with van der Waals surface area (Å²) in [4.78, 5) is 27.4. The molecular formula is C23H17ClN6O2S2. The van der Waals surface area contributed by atoms with E-state index in [9.17, 15) is 9.59 Å². The lowest BCUT2D eigenvalue weighted by molar-refractivity contribution is 0.0948. The van der Waals surface area contributed by atoms with Crippen LogP contribution in [-0.4, -0.2) is 30.5 Å². The zero-order chi connectivity index (χ0) is 23.5. The fraction of sp³-hybridized carbons (Fsp3) is 0.0870. The third kappa shape index (κ3) is 4.69. The number of rotatable bonds is 7. The van der Waals surface area contributed by atoms with Gasteiger partial charge in [0.2, 0.25) is 0 Å². The van der Waals surface area contributed by atoms with Gasteiger partial charge in [-0.2, -0.15) is 31.3 Å². The summed E-state index contributed by atoms with van der Waals surface area (Å²) < 4.78 is 3.53. The Kier molecular flexibility index (Phi) is 6.35. The van der Waals surface area contributed by atoms with Gasteiger partial charge in [0.1, 0.15) is 11.5 Å². The molecule has 170 valence electrons. The number of hydrogen-bond acceptors (Lipinski definition) is 8. The molecule has 5 heterocycles. The van der Waals surface area contributed by atoms with Crippen molar-refractivity contribution in [1.29, 1.82) is 0 Å². The molecule has 0 aliphatic heterocycles. The number of anilines is 1. The van der Waals surface area contributed by atoms with Crippen LogP contribution in [0.4, 0.5) is 5.82 Å². The molecule has 0 aliphatic rings. The maximum Gasteiger partial charge on any atom is 0.280 e. The summed E-state index contributed by atoms with van der Waals surface area (Å²) >= 11 is 8.92. The van der Waals surface area contributed by atoms with Gasteiger partial charge in [0.25, 0.3) is 11.5 Å². The Balaban J connectivity index is 1.51. The molecule has 0 aromatic carbocycles. The van der Waals surface area contributed by atoms with Crippen molar-refractivity contribution in [3.8, 4) is 11.3 Å². The predicted octanol–water partition coefficient (Wildman–Crippen LogP) is 4.63. The monoisotopic (exact) mass is 508 g/mol. The third-order valence-corrected chi connectivity index (χ3v) is 6.91. The van der Waals surface area contributed by atoms with Gasteiger partial charge in [-0.15, -0.1) is 11.3 Å². The molecule has 0 bridgehead atoms. The molecular weight excluding hydrogens is 492 g/mol. The Labute approximate surface area is 207 Å². The van der Waals surface area contributed by atoms with Crippen molar-refractivity contribution in [1.82, 2.24) is 24.5 Å². The summed E-state index contributed by atoms with van der Waals surface area (Å²) in [7, 11) is 0. The van der Waals surface area contributed by atoms with Gasteiger partial charge in [-0.1, -0.05) is 11.6 Å². The molecule has 5 rings (SSSR count). The molecule has 0 atom stereocenters. The van der Waals surface area contributed by atoms with Crippen molar-refractivity contribution in [2.24, 2.45) is 0 Å². The van der Waals surface area contributed by atoms with Crippen molar-refractivity contribution in [3.63, 3.8) is 0 Å². The topological polar surface area (TPSA) is 94.7 Å². The van der Waals surface area contributed by atoms with Crippen LogP contribution in [-0.2, 0) is 13.1 Å². The highest BCUT2D eigenvalue weighted by molar-refractivity contribution is 7.16. The van der Waals surface area contributed by atoms with Crippen molar-refractivity contribution in [2.45, 2.75) is 13.1 Å². The highest BCUT2D eigenvalue weighted by atomic mass is 35.5. The normalized spacial score (nSPS) is 11.0. The van der Waals surface area contributed by atoms with Crippen LogP contribution in [0, 0.1) is 0 Å². The molecule has 0 aliphatic carbocycles. The maximum atomic E-state index is 13.2. The molecule has 8 nitrogen and oxygen atoms in total. The number of halogens is 1. The van der Waals surface area contributed by atoms with E-state index in [1.807, 2.05) is 17.5 Å². The van der Waals surface area contributed by atoms with Crippen LogP contribution in [0.5, 0.6) is 0 Å². The lowest BCUT2D eigenvalue weighted by Crippen LogP contribution is -2.22. The Hall–Kier alpha value is -3.60. The van der Waals surface area contributed by atoms with Gasteiger partial charge in [0, 0.05) is 28.7 Å². The largest absolute Gasteiger partial charge is 0.365 e. The molecule has 0 amide bonds. The van der Waals surface area contributed by atoms with Crippen molar-refractivity contribution >= 4 is 46.0 Å². The van der Waals surface area contributed by atoms with Crippen LogP contribution < -0.4 is 10.9 Å². The number of nitrogens with one attached hydrogen (secondary N) is 1. The lowest BCUT2D eigenvalue weighted by Gasteiger charge is -2.07. The summed E-state index contributed by atoms with van der Waals surface area (Å²) in [6.07, 6.45) is 3.27. The van der Waals surface area contributed by atoms with Gasteiger partial charge in [-0.05, 0) is 47.8 Å². The van der Waals surface area contributed by atoms with E-state index in [4.69, 9.17) is 11.6 Å². The second-order valence-corrected chi connectivity index (χ2v) is 9.85. The van der Waals surface area contributed by atoms with Gasteiger partial charge < -0.3 is 9.88 Å². The average molecular weight is 509 g/mol. The number of carbonyl (C=O) groups is 1. The Morgan fingerprint density at radius 2 is 2.06 bits per heavy atom. The molecule has 0 saturated heterocycles. The van der Waals surface area contributed by atoms with Crippen LogP contribution in [0.3, 0.4) is 0 Å². The minimum Gasteiger partial charge on any atom is -0.365 e. The zero-order valence-electron chi connectivity index (χ0n) is 17.6. The fourth-order valence-electron chi connectivity index (χ4n) is 3.37. The van der Waals surface area contributed by atoms with Gasteiger partial charge >= 0.3 is 0 Å². The third-order valence-electron chi connectivity index (χ3n) is 5.00. The first kappa shape index (κ1) is 22.2. The number of carbonyl (C=O) groups excluding carboxylic acids is 1. The summed E-state index contributed by atoms with van der Waals surface area (Å²) in [6.45, 7) is 0.741. The number of thiophene rings is 2. The molecule has 0 saturated carbocycles. The second-order valence-electron chi connectivity index (χ2n) is 7.27. The predicted molar refractivity (Wildman–Crippen MR) is 134 cm³/mol. The Morgan fingerprint density at radius 3 is 2.79 bits per heavy atom. The molecule has 34 heavy (non-hydrogen) atoms. The molecule has 1 N–H and O–H groups in total. The van der Waals surface area contributed by atoms with Crippen molar-refractivity contribution in [3.05, 3.63) is 103 Å². The highest BCUT2D eigenvalue weighted by Gasteiger charge is 2.19. The van der Waals surface area contributed by atoms with Gasteiger partial charge in [0.05, 0.1) is 34.2 Å². The smallest absolute Gasteiger partial charge is 0.280 e. The summed E-state index contributed by atoms with van der Waals surface area (Å²) in [5.74, 6) is 0.203. The zero-order valence-corrected chi connectivity index (χ0v) is 20.0. The average Bonchev–Trinajstić information content (AvgIpc) is 3.61. The lowest BCUT2D eigenvalue weighted by atomic mass is 10.2. The minimum absolute atomic E-state index is 0.239. The Bertz CT molecular complexity index is 1490. The second kappa shape index (κ2) is 9.72. The van der Waals surface area contributed by atoms with Crippen LogP contribution in [0.1, 0.15) is 20.9 Å². The molecule has 0 radical (unpaired) electrons. The summed E-state index contributed by atoms with van der Waals surface area (Å²) in [5, 5.41) is 19.3. The van der Waals surface area contributed by atoms with E-state index in [2.05, 4.69) is 20.6 Å². The van der Waals surface area contributed by atoms with Crippen LogP contribution in [0.25, 0.3) is 11.3 Å². The van der Waals surface area contributed by atoms with Gasteiger partial charge in [0.15, 0.2) is 0 Å². The van der Waals surface area contributed by atoms with Crippen LogP contribution >= 0.6 is 34.3 Å². The molecule has 0 spiro atoms. The number of hydrogen-bond donors (Lipinski definition) is 1. The van der Waals surface area contributed by atoms with Crippen LogP contribution in [0.15, 0.2) is 76.5 Å².